The number of furan rings is 1. The highest BCUT2D eigenvalue weighted by Gasteiger charge is 2.12. The molecule has 0 spiro atoms. The predicted molar refractivity (Wildman–Crippen MR) is 66.0 cm³/mol. The lowest BCUT2D eigenvalue weighted by atomic mass is 10.2. The van der Waals surface area contributed by atoms with Crippen LogP contribution in [0.3, 0.4) is 0 Å². The van der Waals surface area contributed by atoms with Gasteiger partial charge in [0.05, 0.1) is 19.9 Å². The zero-order valence-electron chi connectivity index (χ0n) is 9.84. The van der Waals surface area contributed by atoms with Crippen LogP contribution in [0, 0.1) is 0 Å². The summed E-state index contributed by atoms with van der Waals surface area (Å²) in [6.45, 7) is 0.307. The Morgan fingerprint density at radius 2 is 2.28 bits per heavy atom. The van der Waals surface area contributed by atoms with Gasteiger partial charge in [-0.15, -0.1) is 0 Å². The van der Waals surface area contributed by atoms with E-state index in [4.69, 9.17) is 14.3 Å². The smallest absolute Gasteiger partial charge is 0.339 e. The van der Waals surface area contributed by atoms with Gasteiger partial charge in [0.25, 0.3) is 0 Å². The minimum absolute atomic E-state index is 0.172. The summed E-state index contributed by atoms with van der Waals surface area (Å²) in [7, 11) is 1.59. The highest BCUT2D eigenvalue weighted by atomic mass is 16.5. The molecule has 5 nitrogen and oxygen atoms in total. The molecule has 0 aliphatic rings. The van der Waals surface area contributed by atoms with E-state index in [1.165, 1.54) is 12.3 Å². The number of anilines is 1. The molecule has 5 heteroatoms. The molecule has 2 aromatic rings. The second-order valence-corrected chi connectivity index (χ2v) is 3.65. The highest BCUT2D eigenvalue weighted by Crippen LogP contribution is 2.18. The first kappa shape index (κ1) is 12.0. The Morgan fingerprint density at radius 3 is 3.00 bits per heavy atom. The van der Waals surface area contributed by atoms with Crippen LogP contribution in [-0.4, -0.2) is 18.2 Å². The van der Waals surface area contributed by atoms with Crippen LogP contribution in [-0.2, 0) is 6.54 Å². The molecule has 94 valence electrons. The number of benzene rings is 1. The molecule has 0 aliphatic heterocycles. The Labute approximate surface area is 104 Å². The molecule has 0 atom stereocenters. The van der Waals surface area contributed by atoms with Crippen LogP contribution in [0.5, 0.6) is 5.75 Å². The lowest BCUT2D eigenvalue weighted by Crippen LogP contribution is -2.04. The van der Waals surface area contributed by atoms with Crippen molar-refractivity contribution in [1.29, 1.82) is 0 Å². The number of methoxy groups -OCH3 is 1. The van der Waals surface area contributed by atoms with Crippen molar-refractivity contribution < 1.29 is 19.1 Å². The minimum Gasteiger partial charge on any atom is -0.497 e. The molecule has 0 amide bonds. The number of hydrogen-bond acceptors (Lipinski definition) is 4. The maximum atomic E-state index is 10.9. The molecule has 0 saturated heterocycles. The number of rotatable bonds is 5. The molecule has 0 bridgehead atoms. The normalized spacial score (nSPS) is 10.1. The SMILES string of the molecule is COc1cccc(NCc2occc2C(=O)O)c1. The van der Waals surface area contributed by atoms with Gasteiger partial charge in [0.15, 0.2) is 0 Å². The minimum atomic E-state index is -0.994. The summed E-state index contributed by atoms with van der Waals surface area (Å²) in [4.78, 5) is 10.9. The predicted octanol–water partition coefficient (Wildman–Crippen LogP) is 2.60. The molecule has 2 N–H and O–H groups in total. The lowest BCUT2D eigenvalue weighted by Gasteiger charge is -2.07. The first-order chi connectivity index (χ1) is 8.70. The Bertz CT molecular complexity index is 547. The molecular formula is C13H13NO4. The molecule has 18 heavy (non-hydrogen) atoms. The molecule has 0 radical (unpaired) electrons. The topological polar surface area (TPSA) is 71.7 Å². The second-order valence-electron chi connectivity index (χ2n) is 3.65. The summed E-state index contributed by atoms with van der Waals surface area (Å²) in [5, 5.41) is 12.0. The van der Waals surface area contributed by atoms with E-state index in [0.29, 0.717) is 12.3 Å². The third kappa shape index (κ3) is 2.63. The number of nitrogens with one attached hydrogen (secondary N) is 1. The molecule has 1 heterocycles. The van der Waals surface area contributed by atoms with Crippen LogP contribution >= 0.6 is 0 Å². The van der Waals surface area contributed by atoms with Gasteiger partial charge in [-0.05, 0) is 18.2 Å². The quantitative estimate of drug-likeness (QED) is 0.849. The molecule has 0 aliphatic carbocycles. The van der Waals surface area contributed by atoms with E-state index in [0.717, 1.165) is 11.4 Å². The Balaban J connectivity index is 2.06. The Morgan fingerprint density at radius 1 is 1.44 bits per heavy atom. The van der Waals surface area contributed by atoms with E-state index in [1.807, 2.05) is 24.3 Å². The average molecular weight is 247 g/mol. The van der Waals surface area contributed by atoms with Crippen molar-refractivity contribution in [2.75, 3.05) is 12.4 Å². The van der Waals surface area contributed by atoms with E-state index in [9.17, 15) is 4.79 Å². The third-order valence-electron chi connectivity index (χ3n) is 2.50. The van der Waals surface area contributed by atoms with Crippen LogP contribution in [0.2, 0.25) is 0 Å². The van der Waals surface area contributed by atoms with E-state index >= 15 is 0 Å². The number of carboxylic acid groups (broad SMARTS) is 1. The summed E-state index contributed by atoms with van der Waals surface area (Å²) in [6, 6.07) is 8.81. The molecule has 0 unspecified atom stereocenters. The maximum absolute atomic E-state index is 10.9. The van der Waals surface area contributed by atoms with E-state index in [1.54, 1.807) is 7.11 Å². The van der Waals surface area contributed by atoms with Gasteiger partial charge >= 0.3 is 5.97 Å². The monoisotopic (exact) mass is 247 g/mol. The third-order valence-corrected chi connectivity index (χ3v) is 2.50. The number of ether oxygens (including phenoxy) is 1. The van der Waals surface area contributed by atoms with Gasteiger partial charge in [0.2, 0.25) is 0 Å². The van der Waals surface area contributed by atoms with Crippen LogP contribution in [0.15, 0.2) is 41.0 Å². The number of aromatic carboxylic acids is 1. The van der Waals surface area contributed by atoms with Gasteiger partial charge in [-0.3, -0.25) is 0 Å². The van der Waals surface area contributed by atoms with Crippen molar-refractivity contribution in [3.8, 4) is 5.75 Å². The molecule has 0 fully saturated rings. The van der Waals surface area contributed by atoms with Crippen molar-refractivity contribution in [2.45, 2.75) is 6.54 Å². The van der Waals surface area contributed by atoms with Gasteiger partial charge in [0, 0.05) is 11.8 Å². The van der Waals surface area contributed by atoms with Crippen LogP contribution in [0.4, 0.5) is 5.69 Å². The second kappa shape index (κ2) is 5.27. The van der Waals surface area contributed by atoms with E-state index in [2.05, 4.69) is 5.32 Å². The summed E-state index contributed by atoms with van der Waals surface area (Å²) < 4.78 is 10.2. The van der Waals surface area contributed by atoms with E-state index in [-0.39, 0.29) is 5.56 Å². The summed E-state index contributed by atoms with van der Waals surface area (Å²) in [6.07, 6.45) is 1.37. The van der Waals surface area contributed by atoms with E-state index < -0.39 is 5.97 Å². The summed E-state index contributed by atoms with van der Waals surface area (Å²) in [5.41, 5.74) is 1.01. The lowest BCUT2D eigenvalue weighted by molar-refractivity contribution is 0.0694. The van der Waals surface area contributed by atoms with Crippen molar-refractivity contribution in [3.63, 3.8) is 0 Å². The maximum Gasteiger partial charge on any atom is 0.339 e. The standard InChI is InChI=1S/C13H13NO4/c1-17-10-4-2-3-9(7-10)14-8-12-11(13(15)16)5-6-18-12/h2-7,14H,8H2,1H3,(H,15,16). The number of hydrogen-bond donors (Lipinski definition) is 2. The number of carbonyl (C=O) groups is 1. The van der Waals surface area contributed by atoms with Gasteiger partial charge in [-0.1, -0.05) is 6.07 Å². The zero-order chi connectivity index (χ0) is 13.0. The fraction of sp³-hybridized carbons (Fsp3) is 0.154. The zero-order valence-corrected chi connectivity index (χ0v) is 9.84. The molecule has 2 rings (SSSR count). The average Bonchev–Trinajstić information content (AvgIpc) is 2.85. The van der Waals surface area contributed by atoms with Gasteiger partial charge in [0.1, 0.15) is 17.1 Å². The van der Waals surface area contributed by atoms with Crippen LogP contribution in [0.25, 0.3) is 0 Å². The highest BCUT2D eigenvalue weighted by molar-refractivity contribution is 5.88. The van der Waals surface area contributed by atoms with Crippen LogP contribution in [0.1, 0.15) is 16.1 Å². The summed E-state index contributed by atoms with van der Waals surface area (Å²) >= 11 is 0. The van der Waals surface area contributed by atoms with Crippen molar-refractivity contribution in [1.82, 2.24) is 0 Å². The fourth-order valence-corrected chi connectivity index (χ4v) is 1.58. The first-order valence-corrected chi connectivity index (χ1v) is 5.38. The number of carboxylic acids is 1. The largest absolute Gasteiger partial charge is 0.497 e. The van der Waals surface area contributed by atoms with Crippen LogP contribution < -0.4 is 10.1 Å². The van der Waals surface area contributed by atoms with Crippen molar-refractivity contribution in [3.05, 3.63) is 47.9 Å². The Hall–Kier alpha value is -2.43. The first-order valence-electron chi connectivity index (χ1n) is 5.38. The molecule has 0 saturated carbocycles. The molecular weight excluding hydrogens is 234 g/mol. The Kier molecular flexibility index (Phi) is 3.52. The summed E-state index contributed by atoms with van der Waals surface area (Å²) in [5.74, 6) is 0.134. The fourth-order valence-electron chi connectivity index (χ4n) is 1.58. The van der Waals surface area contributed by atoms with Gasteiger partial charge in [-0.25, -0.2) is 4.79 Å². The van der Waals surface area contributed by atoms with Gasteiger partial charge in [-0.2, -0.15) is 0 Å². The van der Waals surface area contributed by atoms with Crippen molar-refractivity contribution in [2.24, 2.45) is 0 Å². The molecule has 1 aromatic heterocycles. The molecule has 1 aromatic carbocycles. The van der Waals surface area contributed by atoms with Gasteiger partial charge < -0.3 is 19.6 Å². The van der Waals surface area contributed by atoms with Crippen molar-refractivity contribution >= 4 is 11.7 Å².